The van der Waals surface area contributed by atoms with Gasteiger partial charge < -0.3 is 50.7 Å². The zero-order valence-electron chi connectivity index (χ0n) is 86.1. The van der Waals surface area contributed by atoms with Crippen molar-refractivity contribution in [1.82, 2.24) is 26.2 Å². The van der Waals surface area contributed by atoms with Gasteiger partial charge in [-0.1, -0.05) is 358 Å². The SMILES string of the molecule is CCCCCCCCCCCCOC(=O)CCN1CCCC1C(C)=O.CCCCCCCCCCCCOC(=O)CCNC(C(C)=O)C(C)CC.CCCCCCCCCCCCOC(=O)CCNC(CC(C)C)C(C)=O.CCCCCCCCCCCCOC(=O)CCNC(CC(N)=O)C(C)=O.CCCCCCCCCCCCOC(=O)CCNC(CCSC)C(C)=O. The van der Waals surface area contributed by atoms with Crippen molar-refractivity contribution < 1.29 is 76.4 Å². The van der Waals surface area contributed by atoms with Crippen molar-refractivity contribution >= 4 is 76.4 Å². The molecule has 0 bridgehead atoms. The lowest BCUT2D eigenvalue weighted by molar-refractivity contribution is -0.145. The number of carbonyl (C=O) groups is 11. The van der Waals surface area contributed by atoms with Gasteiger partial charge in [-0.25, -0.2) is 0 Å². The fourth-order valence-electron chi connectivity index (χ4n) is 15.5. The summed E-state index contributed by atoms with van der Waals surface area (Å²) in [6, 6.07) is -1.05. The molecule has 0 aromatic rings. The largest absolute Gasteiger partial charge is 0.466 e. The number of nitrogens with zero attached hydrogens (tertiary/aromatic N) is 1. The molecular weight excluding hydrogens is 1650 g/mol. The van der Waals surface area contributed by atoms with E-state index < -0.39 is 11.9 Å². The number of carbonyl (C=O) groups excluding carboxylic acids is 11. The summed E-state index contributed by atoms with van der Waals surface area (Å²) in [7, 11) is 0. The minimum atomic E-state index is -0.623. The molecule has 1 aliphatic rings. The molecule has 0 aliphatic carbocycles. The number of esters is 5. The van der Waals surface area contributed by atoms with Gasteiger partial charge in [0.25, 0.3) is 0 Å². The number of ether oxygens (including phenoxy) is 5. The van der Waals surface area contributed by atoms with E-state index in [2.05, 4.69) is 88.5 Å². The fraction of sp³-hybridized carbons (Fsp3) is 0.896. The molecule has 0 radical (unpaired) electrons. The van der Waals surface area contributed by atoms with Crippen molar-refractivity contribution in [2.75, 3.05) is 84.3 Å². The summed E-state index contributed by atoms with van der Waals surface area (Å²) in [5.41, 5.74) is 5.09. The van der Waals surface area contributed by atoms with E-state index in [4.69, 9.17) is 29.4 Å². The first kappa shape index (κ1) is 131. The third-order valence-electron chi connectivity index (χ3n) is 23.9. The van der Waals surface area contributed by atoms with Crippen LogP contribution >= 0.6 is 11.8 Å². The van der Waals surface area contributed by atoms with Gasteiger partial charge in [0, 0.05) is 39.1 Å². The Bertz CT molecular complexity index is 2640. The lowest BCUT2D eigenvalue weighted by Crippen LogP contribution is -2.41. The molecule has 0 aromatic heterocycles. The molecule has 1 rings (SSSR count). The molecule has 760 valence electrons. The quantitative estimate of drug-likeness (QED) is 0.0215. The van der Waals surface area contributed by atoms with E-state index in [9.17, 15) is 52.7 Å². The monoisotopic (exact) mass is 1850 g/mol. The molecule has 1 aliphatic heterocycles. The van der Waals surface area contributed by atoms with Crippen LogP contribution in [0.4, 0.5) is 0 Å². The van der Waals surface area contributed by atoms with Gasteiger partial charge in [-0.3, -0.25) is 57.6 Å². The smallest absolute Gasteiger partial charge is 0.307 e. The Labute approximate surface area is 795 Å². The maximum absolute atomic E-state index is 11.8. The van der Waals surface area contributed by atoms with Crippen LogP contribution in [-0.4, -0.2) is 184 Å². The normalized spacial score (nSPS) is 13.5. The van der Waals surface area contributed by atoms with Crippen LogP contribution in [-0.2, 0) is 76.4 Å². The van der Waals surface area contributed by atoms with E-state index in [1.54, 1.807) is 39.5 Å². The number of Topliss-reactive ketones (excluding diaryl/α,β-unsaturated/α-hetero) is 5. The number of unbranched alkanes of at least 4 members (excludes halogenated alkanes) is 45. The standard InChI is InChI=1S/2C22H43NO3.C21H41NO3S.C21H39NO3.C20H38N2O4/c1-5-6-7-8-9-10-11-12-13-14-17-26-22(25)15-16-23-21(20(4)24)18-19(2)3;1-5-7-8-9-10-11-12-13-14-15-18-26-21(25)16-17-23-22(20(4)24)19(3)6-2;1-4-5-6-7-8-9-10-11-12-13-17-25-21(24)14-16-22-20(19(2)23)15-18-26-3;1-3-4-5-6-7-8-9-10-11-12-18-25-21(24)15-17-22-16-13-14-20(22)19(2)23;1-3-4-5-6-7-8-9-10-11-12-15-26-20(25)13-14-22-18(17(2)23)16-19(21)24/h19,21,23H,5-18H2,1-4H3;19,22-23H,5-18H2,1-4H3;20,22H,4-18H2,1-3H3;20H,3-18H2,1-2H3;18,22H,3-16H2,1-2H3,(H2,21,24). The lowest BCUT2D eigenvalue weighted by atomic mass is 9.96. The zero-order valence-corrected chi connectivity index (χ0v) is 86.9. The van der Waals surface area contributed by atoms with E-state index >= 15 is 0 Å². The predicted molar refractivity (Wildman–Crippen MR) is 538 cm³/mol. The van der Waals surface area contributed by atoms with Crippen molar-refractivity contribution in [2.24, 2.45) is 17.6 Å². The van der Waals surface area contributed by atoms with Crippen LogP contribution in [0.2, 0.25) is 0 Å². The average Bonchev–Trinajstić information content (AvgIpc) is 1.72. The van der Waals surface area contributed by atoms with E-state index in [0.29, 0.717) is 97.4 Å². The minimum absolute atomic E-state index is 0.0229. The van der Waals surface area contributed by atoms with Crippen molar-refractivity contribution in [3.05, 3.63) is 0 Å². The number of amides is 1. The first-order chi connectivity index (χ1) is 62.2. The van der Waals surface area contributed by atoms with Gasteiger partial charge in [-0.05, 0) is 123 Å². The number of nitrogens with two attached hydrogens (primary N) is 1. The Morgan fingerprint density at radius 3 is 0.860 bits per heavy atom. The minimum Gasteiger partial charge on any atom is -0.466 e. The van der Waals surface area contributed by atoms with Crippen LogP contribution in [0.1, 0.15) is 489 Å². The second-order valence-electron chi connectivity index (χ2n) is 36.9. The Kier molecular flexibility index (Phi) is 102. The van der Waals surface area contributed by atoms with E-state index in [-0.39, 0.29) is 102 Å². The highest BCUT2D eigenvalue weighted by molar-refractivity contribution is 7.98. The number of nitrogens with one attached hydrogen (secondary N) is 4. The van der Waals surface area contributed by atoms with Crippen LogP contribution in [0.3, 0.4) is 0 Å². The summed E-state index contributed by atoms with van der Waals surface area (Å²) in [6.07, 6.45) is 71.7. The van der Waals surface area contributed by atoms with Crippen LogP contribution in [0.25, 0.3) is 0 Å². The van der Waals surface area contributed by atoms with E-state index in [1.807, 2.05) is 6.26 Å². The summed E-state index contributed by atoms with van der Waals surface area (Å²) in [6.45, 7) is 33.4. The Morgan fingerprint density at radius 2 is 0.612 bits per heavy atom. The van der Waals surface area contributed by atoms with Crippen molar-refractivity contribution in [1.29, 1.82) is 0 Å². The Morgan fingerprint density at radius 1 is 0.349 bits per heavy atom. The number of likely N-dealkylation sites (tertiary alicyclic amines) is 1. The third-order valence-corrected chi connectivity index (χ3v) is 24.6. The molecular formula is C106H204N6O16S. The molecule has 0 spiro atoms. The number of ketones is 5. The molecule has 6 N–H and O–H groups in total. The molecule has 1 fully saturated rings. The number of primary amides is 1. The molecule has 0 aromatic carbocycles. The van der Waals surface area contributed by atoms with Crippen LogP contribution in [0.15, 0.2) is 0 Å². The Balaban J connectivity index is -0.000000757. The number of rotatable bonds is 88. The van der Waals surface area contributed by atoms with Gasteiger partial charge in [-0.2, -0.15) is 11.8 Å². The van der Waals surface area contributed by atoms with Crippen LogP contribution in [0.5, 0.6) is 0 Å². The molecule has 22 nitrogen and oxygen atoms in total. The van der Waals surface area contributed by atoms with Crippen LogP contribution in [0, 0.1) is 11.8 Å². The van der Waals surface area contributed by atoms with Gasteiger partial charge in [0.05, 0.1) is 95.3 Å². The highest BCUT2D eigenvalue weighted by Crippen LogP contribution is 2.21. The number of thioether (sulfide) groups is 1. The Hall–Kier alpha value is -4.68. The maximum Gasteiger partial charge on any atom is 0.307 e. The lowest BCUT2D eigenvalue weighted by Gasteiger charge is -2.21. The summed E-state index contributed by atoms with van der Waals surface area (Å²) >= 11 is 1.73. The maximum atomic E-state index is 11.8. The summed E-state index contributed by atoms with van der Waals surface area (Å²) < 4.78 is 26.3. The number of hydrogen-bond acceptors (Lipinski definition) is 22. The fourth-order valence-corrected chi connectivity index (χ4v) is 16.0. The first-order valence-corrected chi connectivity index (χ1v) is 54.4. The summed E-state index contributed by atoms with van der Waals surface area (Å²) in [4.78, 5) is 129. The first-order valence-electron chi connectivity index (χ1n) is 53.0. The van der Waals surface area contributed by atoms with Crippen LogP contribution < -0.4 is 27.0 Å². The van der Waals surface area contributed by atoms with Gasteiger partial charge in [0.2, 0.25) is 5.91 Å². The van der Waals surface area contributed by atoms with Gasteiger partial charge >= 0.3 is 29.8 Å². The third kappa shape index (κ3) is 96.3. The molecule has 6 atom stereocenters. The number of hydrogen-bond donors (Lipinski definition) is 5. The summed E-state index contributed by atoms with van der Waals surface area (Å²) in [5.74, 6) is 0.712. The van der Waals surface area contributed by atoms with Crippen molar-refractivity contribution in [3.63, 3.8) is 0 Å². The molecule has 1 amide bonds. The van der Waals surface area contributed by atoms with Gasteiger partial charge in [-0.15, -0.1) is 0 Å². The van der Waals surface area contributed by atoms with Crippen molar-refractivity contribution in [2.45, 2.75) is 519 Å². The van der Waals surface area contributed by atoms with Gasteiger partial charge in [0.15, 0.2) is 0 Å². The molecule has 23 heteroatoms. The second kappa shape index (κ2) is 101. The molecule has 1 saturated heterocycles. The highest BCUT2D eigenvalue weighted by atomic mass is 32.2. The molecule has 129 heavy (non-hydrogen) atoms. The van der Waals surface area contributed by atoms with E-state index in [0.717, 1.165) is 109 Å². The van der Waals surface area contributed by atoms with Gasteiger partial charge in [0.1, 0.15) is 28.9 Å². The molecule has 0 saturated carbocycles. The highest BCUT2D eigenvalue weighted by Gasteiger charge is 2.29. The topological polar surface area (TPSA) is 311 Å². The zero-order chi connectivity index (χ0) is 96.7. The average molecular weight is 1850 g/mol. The van der Waals surface area contributed by atoms with Crippen molar-refractivity contribution in [3.8, 4) is 0 Å². The second-order valence-corrected chi connectivity index (χ2v) is 37.9. The summed E-state index contributed by atoms with van der Waals surface area (Å²) in [5, 5.41) is 12.4. The van der Waals surface area contributed by atoms with E-state index in [1.165, 1.54) is 264 Å². The molecule has 6 unspecified atom stereocenters. The predicted octanol–water partition coefficient (Wildman–Crippen LogP) is 24.2. The molecule has 1 heterocycles.